The lowest BCUT2D eigenvalue weighted by molar-refractivity contribution is -0.274. The van der Waals surface area contributed by atoms with E-state index in [1.54, 1.807) is 0 Å². The van der Waals surface area contributed by atoms with E-state index in [1.165, 1.54) is 34.9 Å². The molecule has 0 bridgehead atoms. The normalized spacial score (nSPS) is 11.8. The molecule has 0 radical (unpaired) electrons. The van der Waals surface area contributed by atoms with Crippen molar-refractivity contribution in [3.05, 3.63) is 89.5 Å². The quantitative estimate of drug-likeness (QED) is 0.103. The molecule has 1 aromatic heterocycles. The van der Waals surface area contributed by atoms with Crippen LogP contribution >= 0.6 is 11.8 Å². The van der Waals surface area contributed by atoms with Crippen LogP contribution in [0, 0.1) is 18.6 Å². The van der Waals surface area contributed by atoms with Gasteiger partial charge in [0.15, 0.2) is 22.6 Å². The van der Waals surface area contributed by atoms with Crippen molar-refractivity contribution >= 4 is 34.3 Å². The first kappa shape index (κ1) is 33.2. The molecule has 0 aliphatic carbocycles. The van der Waals surface area contributed by atoms with Crippen LogP contribution in [-0.2, 0) is 13.0 Å². The second-order valence-corrected chi connectivity index (χ2v) is 10.8. The Hall–Kier alpha value is -4.66. The lowest BCUT2D eigenvalue weighted by Gasteiger charge is -2.13. The Bertz CT molecular complexity index is 1640. The van der Waals surface area contributed by atoms with Crippen LogP contribution in [-0.4, -0.2) is 38.1 Å². The maximum atomic E-state index is 14.9. The molecule has 0 spiro atoms. The van der Waals surface area contributed by atoms with Crippen molar-refractivity contribution < 1.29 is 36.2 Å². The van der Waals surface area contributed by atoms with Crippen LogP contribution in [0.15, 0.2) is 65.9 Å². The number of urea groups is 1. The van der Waals surface area contributed by atoms with E-state index < -0.39 is 35.5 Å². The van der Waals surface area contributed by atoms with Gasteiger partial charge in [0.25, 0.3) is 0 Å². The second kappa shape index (κ2) is 14.9. The summed E-state index contributed by atoms with van der Waals surface area (Å²) in [4.78, 5) is 21.3. The average Bonchev–Trinajstić information content (AvgIpc) is 3.44. The molecule has 2 N–H and O–H groups in total. The van der Waals surface area contributed by atoms with E-state index >= 15 is 0 Å². The number of nitrogens with one attached hydrogen (secondary N) is 2. The molecule has 0 aliphatic rings. The van der Waals surface area contributed by atoms with E-state index in [-0.39, 0.29) is 23.3 Å². The summed E-state index contributed by atoms with van der Waals surface area (Å²) >= 11 is 1.27. The van der Waals surface area contributed by atoms with Crippen molar-refractivity contribution in [1.29, 1.82) is 0 Å². The number of aryl methyl sites for hydroxylation is 2. The number of amides is 2. The zero-order valence-corrected chi connectivity index (χ0v) is 25.2. The van der Waals surface area contributed by atoms with E-state index in [0.29, 0.717) is 17.1 Å². The minimum Gasteiger partial charge on any atom is -0.485 e. The molecule has 238 valence electrons. The monoisotopic (exact) mass is 648 g/mol. The number of halogens is 5. The van der Waals surface area contributed by atoms with Crippen molar-refractivity contribution in [1.82, 2.24) is 20.1 Å². The Morgan fingerprint density at radius 3 is 2.38 bits per heavy atom. The first-order chi connectivity index (χ1) is 21.4. The highest BCUT2D eigenvalue weighted by molar-refractivity contribution is 8.13. The number of thioether (sulfide) groups is 1. The molecule has 9 nitrogen and oxygen atoms in total. The summed E-state index contributed by atoms with van der Waals surface area (Å²) in [7, 11) is 0. The smallest absolute Gasteiger partial charge is 0.485 e. The SMILES string of the molecule is CCCc1ccc(C)cc1N=C(NC(=O)Nc1c(F)cc(OCc2ncn(-c3ccc(OC(F)(F)F)cc3)n2)cc1F)SCC. The van der Waals surface area contributed by atoms with E-state index in [0.717, 1.165) is 48.2 Å². The summed E-state index contributed by atoms with van der Waals surface area (Å²) in [5, 5.41) is 9.19. The first-order valence-electron chi connectivity index (χ1n) is 13.7. The van der Waals surface area contributed by atoms with Gasteiger partial charge in [0, 0.05) is 12.1 Å². The lowest BCUT2D eigenvalue weighted by Crippen LogP contribution is -2.33. The molecule has 4 aromatic rings. The van der Waals surface area contributed by atoms with Gasteiger partial charge in [-0.25, -0.2) is 28.2 Å². The number of aromatic nitrogens is 3. The Kier molecular flexibility index (Phi) is 11.0. The lowest BCUT2D eigenvalue weighted by atomic mass is 10.1. The number of aliphatic imine (C=N–C) groups is 1. The summed E-state index contributed by atoms with van der Waals surface area (Å²) in [6.07, 6.45) is -1.81. The van der Waals surface area contributed by atoms with Gasteiger partial charge in [-0.05, 0) is 60.6 Å². The number of anilines is 1. The van der Waals surface area contributed by atoms with E-state index in [2.05, 4.69) is 37.4 Å². The molecular weight excluding hydrogens is 619 g/mol. The van der Waals surface area contributed by atoms with Crippen LogP contribution < -0.4 is 20.1 Å². The van der Waals surface area contributed by atoms with Crippen LogP contribution in [0.25, 0.3) is 5.69 Å². The topological polar surface area (TPSA) is 103 Å². The zero-order chi connectivity index (χ0) is 32.6. The first-order valence-corrected chi connectivity index (χ1v) is 14.7. The minimum atomic E-state index is -4.81. The van der Waals surface area contributed by atoms with Crippen LogP contribution in [0.1, 0.15) is 37.2 Å². The molecule has 3 aromatic carbocycles. The van der Waals surface area contributed by atoms with Crippen molar-refractivity contribution in [2.75, 3.05) is 11.1 Å². The fourth-order valence-corrected chi connectivity index (χ4v) is 4.63. The van der Waals surface area contributed by atoms with E-state index in [1.807, 2.05) is 32.0 Å². The van der Waals surface area contributed by atoms with Crippen molar-refractivity contribution in [2.24, 2.45) is 4.99 Å². The van der Waals surface area contributed by atoms with Crippen molar-refractivity contribution in [2.45, 2.75) is 46.6 Å². The minimum absolute atomic E-state index is 0.129. The number of hydrogen-bond acceptors (Lipinski definition) is 7. The van der Waals surface area contributed by atoms with Crippen LogP contribution in [0.2, 0.25) is 0 Å². The molecule has 45 heavy (non-hydrogen) atoms. The molecule has 0 unspecified atom stereocenters. The third-order valence-corrected chi connectivity index (χ3v) is 6.74. The molecule has 4 rings (SSSR count). The van der Waals surface area contributed by atoms with Gasteiger partial charge in [-0.3, -0.25) is 5.32 Å². The van der Waals surface area contributed by atoms with Crippen LogP contribution in [0.4, 0.5) is 38.1 Å². The van der Waals surface area contributed by atoms with Gasteiger partial charge in [0.05, 0.1) is 11.4 Å². The molecule has 0 fully saturated rings. The number of rotatable bonds is 10. The van der Waals surface area contributed by atoms with Gasteiger partial charge in [0.1, 0.15) is 30.1 Å². The van der Waals surface area contributed by atoms with Gasteiger partial charge in [-0.1, -0.05) is 44.2 Å². The fourth-order valence-electron chi connectivity index (χ4n) is 4.03. The Morgan fingerprint density at radius 1 is 1.02 bits per heavy atom. The standard InChI is InChI=1S/C30H29F5N6O3S/c1-4-6-19-8-7-18(3)13-25(19)37-29(45-5-2)39-28(42)38-27-23(31)14-22(15-24(27)32)43-16-26-36-17-41(40-26)20-9-11-21(12-10-20)44-30(33,34)35/h7-15,17H,4-6,16H2,1-3H3,(H2,37,38,39,42). The highest BCUT2D eigenvalue weighted by atomic mass is 32.2. The Balaban J connectivity index is 1.39. The van der Waals surface area contributed by atoms with Crippen LogP contribution in [0.5, 0.6) is 11.5 Å². The number of hydrogen-bond donors (Lipinski definition) is 2. The number of benzene rings is 3. The number of nitrogens with zero attached hydrogens (tertiary/aromatic N) is 4. The molecule has 2 amide bonds. The average molecular weight is 649 g/mol. The summed E-state index contributed by atoms with van der Waals surface area (Å²) in [6, 6.07) is 11.7. The number of amidine groups is 1. The second-order valence-electron chi connectivity index (χ2n) is 9.51. The highest BCUT2D eigenvalue weighted by Crippen LogP contribution is 2.27. The van der Waals surface area contributed by atoms with Gasteiger partial charge in [-0.15, -0.1) is 18.3 Å². The maximum Gasteiger partial charge on any atom is 0.573 e. The van der Waals surface area contributed by atoms with Crippen molar-refractivity contribution in [3.63, 3.8) is 0 Å². The number of ether oxygens (including phenoxy) is 2. The zero-order valence-electron chi connectivity index (χ0n) is 24.4. The maximum absolute atomic E-state index is 14.9. The van der Waals surface area contributed by atoms with Crippen molar-refractivity contribution in [3.8, 4) is 17.2 Å². The van der Waals surface area contributed by atoms with Gasteiger partial charge in [-0.2, -0.15) is 0 Å². The molecule has 0 aliphatic heterocycles. The summed E-state index contributed by atoms with van der Waals surface area (Å²) in [5.41, 5.74) is 2.44. The number of carbonyl (C=O) groups is 1. The Morgan fingerprint density at radius 2 is 1.73 bits per heavy atom. The van der Waals surface area contributed by atoms with Gasteiger partial charge >= 0.3 is 12.4 Å². The molecule has 0 saturated heterocycles. The highest BCUT2D eigenvalue weighted by Gasteiger charge is 2.31. The molecule has 1 heterocycles. The fraction of sp³-hybridized carbons (Fsp3) is 0.267. The predicted octanol–water partition coefficient (Wildman–Crippen LogP) is 7.85. The number of carbonyl (C=O) groups excluding carboxylic acids is 1. The molecule has 0 saturated carbocycles. The summed E-state index contributed by atoms with van der Waals surface area (Å²) in [5.74, 6) is -2.02. The van der Waals surface area contributed by atoms with Gasteiger partial charge in [0.2, 0.25) is 0 Å². The molecular formula is C30H29F5N6O3S. The van der Waals surface area contributed by atoms with Gasteiger partial charge < -0.3 is 14.8 Å². The third-order valence-electron chi connectivity index (χ3n) is 5.98. The molecule has 0 atom stereocenters. The summed E-state index contributed by atoms with van der Waals surface area (Å²) in [6.45, 7) is 5.60. The largest absolute Gasteiger partial charge is 0.573 e. The van der Waals surface area contributed by atoms with E-state index in [9.17, 15) is 26.7 Å². The third kappa shape index (κ3) is 9.66. The van der Waals surface area contributed by atoms with E-state index in [4.69, 9.17) is 4.74 Å². The summed E-state index contributed by atoms with van der Waals surface area (Å²) < 4.78 is 77.4. The molecule has 15 heteroatoms. The van der Waals surface area contributed by atoms with Crippen LogP contribution in [0.3, 0.4) is 0 Å². The number of alkyl halides is 3. The predicted molar refractivity (Wildman–Crippen MR) is 161 cm³/mol. The Labute approximate surface area is 259 Å².